The monoisotopic (exact) mass is 192 g/mol. The fourth-order valence-electron chi connectivity index (χ4n) is 1.21. The second-order valence-corrected chi connectivity index (χ2v) is 4.05. The summed E-state index contributed by atoms with van der Waals surface area (Å²) < 4.78 is 1.97. The van der Waals surface area contributed by atoms with Crippen molar-refractivity contribution in [2.24, 2.45) is 0 Å². The highest BCUT2D eigenvalue weighted by Crippen LogP contribution is 2.14. The van der Waals surface area contributed by atoms with Crippen LogP contribution in [-0.2, 0) is 6.54 Å². The topological polar surface area (TPSA) is 17.0 Å². The van der Waals surface area contributed by atoms with Crippen molar-refractivity contribution in [1.29, 1.82) is 0 Å². The summed E-state index contributed by atoms with van der Waals surface area (Å²) >= 11 is 1.79. The van der Waals surface area contributed by atoms with Crippen molar-refractivity contribution in [2.45, 2.75) is 13.5 Å². The molecular weight excluding hydrogens is 180 g/mol. The van der Waals surface area contributed by atoms with Crippen molar-refractivity contribution in [1.82, 2.24) is 4.68 Å². The zero-order valence-corrected chi connectivity index (χ0v) is 8.34. The summed E-state index contributed by atoms with van der Waals surface area (Å²) in [6.45, 7) is 3.04. The average molecular weight is 192 g/mol. The van der Waals surface area contributed by atoms with Gasteiger partial charge in [-0.3, -0.25) is 4.68 Å². The van der Waals surface area contributed by atoms with Gasteiger partial charge in [0.05, 0.1) is 6.54 Å². The fraction of sp³-hybridized carbons (Fsp3) is 0.200. The summed E-state index contributed by atoms with van der Waals surface area (Å²) in [7, 11) is 0. The molecule has 0 aliphatic heterocycles. The standard InChI is InChI=1S/C10H12N2S/c1-9-10(4-7-13-9)8-11-12-5-2-3-6-12/h2-7,11H,8H2,1H3. The van der Waals surface area contributed by atoms with Crippen LogP contribution in [0.2, 0.25) is 0 Å². The van der Waals surface area contributed by atoms with Gasteiger partial charge in [0, 0.05) is 17.3 Å². The lowest BCUT2D eigenvalue weighted by Gasteiger charge is -2.06. The molecule has 0 aliphatic carbocycles. The molecule has 2 rings (SSSR count). The van der Waals surface area contributed by atoms with Crippen molar-refractivity contribution in [3.63, 3.8) is 0 Å². The predicted octanol–water partition coefficient (Wildman–Crippen LogP) is 2.60. The maximum absolute atomic E-state index is 3.29. The van der Waals surface area contributed by atoms with E-state index in [2.05, 4.69) is 23.8 Å². The first-order valence-electron chi connectivity index (χ1n) is 4.26. The van der Waals surface area contributed by atoms with E-state index >= 15 is 0 Å². The molecule has 0 unspecified atom stereocenters. The Morgan fingerprint density at radius 3 is 2.77 bits per heavy atom. The van der Waals surface area contributed by atoms with Crippen LogP contribution in [0.3, 0.4) is 0 Å². The number of hydrogen-bond acceptors (Lipinski definition) is 2. The molecule has 3 heteroatoms. The van der Waals surface area contributed by atoms with Gasteiger partial charge >= 0.3 is 0 Å². The lowest BCUT2D eigenvalue weighted by molar-refractivity contribution is 0.846. The minimum absolute atomic E-state index is 0.893. The summed E-state index contributed by atoms with van der Waals surface area (Å²) in [6, 6.07) is 6.18. The highest BCUT2D eigenvalue weighted by molar-refractivity contribution is 7.10. The van der Waals surface area contributed by atoms with Crippen molar-refractivity contribution in [2.75, 3.05) is 5.43 Å². The second kappa shape index (κ2) is 3.66. The number of rotatable bonds is 3. The van der Waals surface area contributed by atoms with E-state index in [1.54, 1.807) is 11.3 Å². The van der Waals surface area contributed by atoms with Crippen LogP contribution in [-0.4, -0.2) is 4.68 Å². The Kier molecular flexibility index (Phi) is 2.36. The molecule has 1 N–H and O–H groups in total. The first-order valence-corrected chi connectivity index (χ1v) is 5.14. The lowest BCUT2D eigenvalue weighted by Crippen LogP contribution is -2.11. The third kappa shape index (κ3) is 1.92. The van der Waals surface area contributed by atoms with Gasteiger partial charge in [-0.2, -0.15) is 0 Å². The largest absolute Gasteiger partial charge is 0.322 e. The molecule has 0 radical (unpaired) electrons. The van der Waals surface area contributed by atoms with Crippen LogP contribution < -0.4 is 5.43 Å². The van der Waals surface area contributed by atoms with Crippen molar-refractivity contribution < 1.29 is 0 Å². The minimum atomic E-state index is 0.893. The maximum atomic E-state index is 3.29. The van der Waals surface area contributed by atoms with Gasteiger partial charge < -0.3 is 5.43 Å². The van der Waals surface area contributed by atoms with Gasteiger partial charge in [0.2, 0.25) is 0 Å². The summed E-state index contributed by atoms with van der Waals surface area (Å²) in [4.78, 5) is 1.39. The SMILES string of the molecule is Cc1sccc1CNn1cccc1. The van der Waals surface area contributed by atoms with Crippen LogP contribution in [0.15, 0.2) is 36.0 Å². The number of aromatic nitrogens is 1. The summed E-state index contributed by atoms with van der Waals surface area (Å²) in [5.41, 5.74) is 4.66. The molecule has 0 bridgehead atoms. The molecule has 68 valence electrons. The van der Waals surface area contributed by atoms with E-state index < -0.39 is 0 Å². The number of nitrogens with zero attached hydrogens (tertiary/aromatic N) is 1. The van der Waals surface area contributed by atoms with Gasteiger partial charge in [-0.15, -0.1) is 11.3 Å². The summed E-state index contributed by atoms with van der Waals surface area (Å²) in [6.07, 6.45) is 4.00. The third-order valence-electron chi connectivity index (χ3n) is 2.02. The second-order valence-electron chi connectivity index (χ2n) is 2.93. The van der Waals surface area contributed by atoms with Crippen molar-refractivity contribution >= 4 is 11.3 Å². The van der Waals surface area contributed by atoms with Crippen LogP contribution >= 0.6 is 11.3 Å². The minimum Gasteiger partial charge on any atom is -0.322 e. The molecule has 2 aromatic heterocycles. The Hall–Kier alpha value is -1.22. The Labute approximate surface area is 81.8 Å². The van der Waals surface area contributed by atoms with Crippen LogP contribution in [0.4, 0.5) is 0 Å². The van der Waals surface area contributed by atoms with E-state index in [1.807, 2.05) is 29.2 Å². The Bertz CT molecular complexity index is 362. The molecule has 0 aliphatic rings. The number of hydrogen-bond donors (Lipinski definition) is 1. The molecule has 0 saturated heterocycles. The molecule has 0 fully saturated rings. The number of aryl methyl sites for hydroxylation is 1. The van der Waals surface area contributed by atoms with E-state index in [0.717, 1.165) is 6.54 Å². The molecule has 2 heterocycles. The predicted molar refractivity (Wildman–Crippen MR) is 56.6 cm³/mol. The van der Waals surface area contributed by atoms with Gasteiger partial charge in [0.25, 0.3) is 0 Å². The Morgan fingerprint density at radius 2 is 2.15 bits per heavy atom. The first-order chi connectivity index (χ1) is 6.36. The van der Waals surface area contributed by atoms with Crippen LogP contribution in [0.25, 0.3) is 0 Å². The molecule has 13 heavy (non-hydrogen) atoms. The maximum Gasteiger partial charge on any atom is 0.0574 e. The molecule has 2 aromatic rings. The van der Waals surface area contributed by atoms with Gasteiger partial charge in [-0.1, -0.05) is 0 Å². The first kappa shape index (κ1) is 8.38. The van der Waals surface area contributed by atoms with E-state index in [9.17, 15) is 0 Å². The van der Waals surface area contributed by atoms with E-state index in [0.29, 0.717) is 0 Å². The quantitative estimate of drug-likeness (QED) is 0.791. The van der Waals surface area contributed by atoms with Gasteiger partial charge in [-0.05, 0) is 36.1 Å². The van der Waals surface area contributed by atoms with Crippen LogP contribution in [0, 0.1) is 6.92 Å². The zero-order chi connectivity index (χ0) is 9.10. The van der Waals surface area contributed by atoms with Crippen LogP contribution in [0.1, 0.15) is 10.4 Å². The number of thiophene rings is 1. The van der Waals surface area contributed by atoms with E-state index in [-0.39, 0.29) is 0 Å². The van der Waals surface area contributed by atoms with Gasteiger partial charge in [-0.25, -0.2) is 0 Å². The highest BCUT2D eigenvalue weighted by Gasteiger charge is 1.97. The van der Waals surface area contributed by atoms with Gasteiger partial charge in [0.1, 0.15) is 0 Å². The molecule has 0 aromatic carbocycles. The van der Waals surface area contributed by atoms with E-state index in [4.69, 9.17) is 0 Å². The van der Waals surface area contributed by atoms with Crippen LogP contribution in [0.5, 0.6) is 0 Å². The third-order valence-corrected chi connectivity index (χ3v) is 2.91. The molecule has 2 nitrogen and oxygen atoms in total. The molecular formula is C10H12N2S. The summed E-state index contributed by atoms with van der Waals surface area (Å²) in [5, 5.41) is 2.13. The molecule has 0 spiro atoms. The van der Waals surface area contributed by atoms with E-state index in [1.165, 1.54) is 10.4 Å². The normalized spacial score (nSPS) is 10.2. The van der Waals surface area contributed by atoms with Crippen molar-refractivity contribution in [3.05, 3.63) is 46.4 Å². The molecule has 0 saturated carbocycles. The molecule has 0 amide bonds. The van der Waals surface area contributed by atoms with Gasteiger partial charge in [0.15, 0.2) is 0 Å². The Morgan fingerprint density at radius 1 is 1.38 bits per heavy atom. The van der Waals surface area contributed by atoms with Crippen molar-refractivity contribution in [3.8, 4) is 0 Å². The summed E-state index contributed by atoms with van der Waals surface area (Å²) in [5.74, 6) is 0. The Balaban J connectivity index is 1.97. The fourth-order valence-corrected chi connectivity index (χ4v) is 1.94. The smallest absolute Gasteiger partial charge is 0.0574 e. The zero-order valence-electron chi connectivity index (χ0n) is 7.53. The highest BCUT2D eigenvalue weighted by atomic mass is 32.1. The lowest BCUT2D eigenvalue weighted by atomic mass is 10.3. The number of nitrogens with one attached hydrogen (secondary N) is 1. The average Bonchev–Trinajstić information content (AvgIpc) is 2.72. The molecule has 0 atom stereocenters.